The molecule has 1 rings (SSSR count). The molecule has 0 radical (unpaired) electrons. The fraction of sp³-hybridized carbons (Fsp3) is 0.417. The van der Waals surface area contributed by atoms with Crippen LogP contribution in [-0.2, 0) is 16.0 Å². The van der Waals surface area contributed by atoms with Crippen molar-refractivity contribution in [3.63, 3.8) is 0 Å². The predicted molar refractivity (Wildman–Crippen MR) is 60.5 cm³/mol. The molecule has 0 aliphatic carbocycles. The summed E-state index contributed by atoms with van der Waals surface area (Å²) in [6, 6.07) is 5.77. The van der Waals surface area contributed by atoms with Gasteiger partial charge < -0.3 is 10.5 Å². The van der Waals surface area contributed by atoms with Crippen LogP contribution in [0, 0.1) is 6.92 Å². The van der Waals surface area contributed by atoms with Crippen molar-refractivity contribution in [2.75, 3.05) is 12.3 Å². The normalized spacial score (nSPS) is 10.0. The van der Waals surface area contributed by atoms with E-state index in [1.165, 1.54) is 0 Å². The smallest absolute Gasteiger partial charge is 0.306 e. The molecule has 0 amide bonds. The standard InChI is InChI=1S/C12H17NO2/c1-3-15-12(14)8-7-10-9(2)5-4-6-11(10)13/h4-6H,3,7-8,13H2,1-2H3. The third-order valence-electron chi connectivity index (χ3n) is 2.33. The summed E-state index contributed by atoms with van der Waals surface area (Å²) in [5.41, 5.74) is 8.75. The average molecular weight is 207 g/mol. The maximum Gasteiger partial charge on any atom is 0.306 e. The molecule has 0 atom stereocenters. The average Bonchev–Trinajstić information content (AvgIpc) is 2.17. The van der Waals surface area contributed by atoms with Gasteiger partial charge in [0.05, 0.1) is 6.61 Å². The van der Waals surface area contributed by atoms with Crippen LogP contribution >= 0.6 is 0 Å². The number of hydrogen-bond donors (Lipinski definition) is 1. The molecule has 2 N–H and O–H groups in total. The number of aryl methyl sites for hydroxylation is 1. The molecule has 15 heavy (non-hydrogen) atoms. The summed E-state index contributed by atoms with van der Waals surface area (Å²) in [6.45, 7) is 4.24. The Labute approximate surface area is 90.2 Å². The van der Waals surface area contributed by atoms with Crippen molar-refractivity contribution in [3.8, 4) is 0 Å². The number of rotatable bonds is 4. The van der Waals surface area contributed by atoms with Crippen LogP contribution in [-0.4, -0.2) is 12.6 Å². The van der Waals surface area contributed by atoms with Crippen molar-refractivity contribution in [1.29, 1.82) is 0 Å². The Morgan fingerprint density at radius 3 is 2.80 bits per heavy atom. The lowest BCUT2D eigenvalue weighted by molar-refractivity contribution is -0.143. The lowest BCUT2D eigenvalue weighted by Crippen LogP contribution is -2.07. The highest BCUT2D eigenvalue weighted by atomic mass is 16.5. The minimum Gasteiger partial charge on any atom is -0.466 e. The first-order chi connectivity index (χ1) is 7.15. The minimum atomic E-state index is -0.167. The van der Waals surface area contributed by atoms with E-state index < -0.39 is 0 Å². The van der Waals surface area contributed by atoms with E-state index in [1.807, 2.05) is 25.1 Å². The molecule has 0 heterocycles. The monoisotopic (exact) mass is 207 g/mol. The highest BCUT2D eigenvalue weighted by molar-refractivity contribution is 5.70. The van der Waals surface area contributed by atoms with Crippen molar-refractivity contribution >= 4 is 11.7 Å². The third kappa shape index (κ3) is 3.27. The Morgan fingerprint density at radius 1 is 1.47 bits per heavy atom. The highest BCUT2D eigenvalue weighted by Gasteiger charge is 2.06. The van der Waals surface area contributed by atoms with Crippen LogP contribution in [0.2, 0.25) is 0 Å². The maximum absolute atomic E-state index is 11.2. The van der Waals surface area contributed by atoms with Crippen molar-refractivity contribution < 1.29 is 9.53 Å². The van der Waals surface area contributed by atoms with Crippen molar-refractivity contribution in [2.45, 2.75) is 26.7 Å². The highest BCUT2D eigenvalue weighted by Crippen LogP contribution is 2.18. The van der Waals surface area contributed by atoms with Gasteiger partial charge in [0.15, 0.2) is 0 Å². The minimum absolute atomic E-state index is 0.167. The zero-order valence-electron chi connectivity index (χ0n) is 9.25. The van der Waals surface area contributed by atoms with Gasteiger partial charge >= 0.3 is 5.97 Å². The molecule has 1 aromatic carbocycles. The Balaban J connectivity index is 2.61. The van der Waals surface area contributed by atoms with Crippen LogP contribution in [0.25, 0.3) is 0 Å². The first-order valence-electron chi connectivity index (χ1n) is 5.14. The molecular weight excluding hydrogens is 190 g/mol. The molecule has 1 aromatic rings. The molecule has 0 aliphatic rings. The van der Waals surface area contributed by atoms with E-state index >= 15 is 0 Å². The number of benzene rings is 1. The van der Waals surface area contributed by atoms with Gasteiger partial charge in [-0.3, -0.25) is 4.79 Å². The number of nitrogen functional groups attached to an aromatic ring is 1. The van der Waals surface area contributed by atoms with Gasteiger partial charge in [-0.1, -0.05) is 12.1 Å². The van der Waals surface area contributed by atoms with Crippen LogP contribution in [0.4, 0.5) is 5.69 Å². The first-order valence-corrected chi connectivity index (χ1v) is 5.14. The van der Waals surface area contributed by atoms with Gasteiger partial charge in [0.25, 0.3) is 0 Å². The molecule has 3 heteroatoms. The molecule has 0 aromatic heterocycles. The zero-order valence-corrected chi connectivity index (χ0v) is 9.25. The van der Waals surface area contributed by atoms with E-state index in [2.05, 4.69) is 0 Å². The van der Waals surface area contributed by atoms with Crippen molar-refractivity contribution in [2.24, 2.45) is 0 Å². The topological polar surface area (TPSA) is 52.3 Å². The summed E-state index contributed by atoms with van der Waals surface area (Å²) in [4.78, 5) is 11.2. The number of anilines is 1. The van der Waals surface area contributed by atoms with Crippen LogP contribution < -0.4 is 5.73 Å². The Hall–Kier alpha value is -1.51. The quantitative estimate of drug-likeness (QED) is 0.607. The number of carbonyl (C=O) groups excluding carboxylic acids is 1. The molecule has 0 unspecified atom stereocenters. The number of hydrogen-bond acceptors (Lipinski definition) is 3. The summed E-state index contributed by atoms with van der Waals surface area (Å²) in [5.74, 6) is -0.167. The fourth-order valence-corrected chi connectivity index (χ4v) is 1.53. The summed E-state index contributed by atoms with van der Waals surface area (Å²) in [6.07, 6.45) is 1.04. The summed E-state index contributed by atoms with van der Waals surface area (Å²) in [7, 11) is 0. The molecule has 0 aliphatic heterocycles. The van der Waals surface area contributed by atoms with E-state index in [1.54, 1.807) is 6.92 Å². The summed E-state index contributed by atoms with van der Waals surface area (Å²) >= 11 is 0. The van der Waals surface area contributed by atoms with Crippen molar-refractivity contribution in [1.82, 2.24) is 0 Å². The lowest BCUT2D eigenvalue weighted by Gasteiger charge is -2.08. The van der Waals surface area contributed by atoms with Crippen LogP contribution in [0.1, 0.15) is 24.5 Å². The third-order valence-corrected chi connectivity index (χ3v) is 2.33. The molecular formula is C12H17NO2. The summed E-state index contributed by atoms with van der Waals surface area (Å²) in [5, 5.41) is 0. The Bertz CT molecular complexity index is 327. The SMILES string of the molecule is CCOC(=O)CCc1c(C)cccc1N. The number of carbonyl (C=O) groups is 1. The maximum atomic E-state index is 11.2. The Morgan fingerprint density at radius 2 is 2.20 bits per heavy atom. The molecule has 0 saturated carbocycles. The van der Waals surface area contributed by atoms with Gasteiger partial charge in [-0.2, -0.15) is 0 Å². The Kier molecular flexibility index (Phi) is 4.16. The van der Waals surface area contributed by atoms with Gasteiger partial charge in [0.1, 0.15) is 0 Å². The van der Waals surface area contributed by atoms with E-state index in [4.69, 9.17) is 10.5 Å². The number of nitrogens with two attached hydrogens (primary N) is 1. The predicted octanol–water partition coefficient (Wildman–Crippen LogP) is 2.07. The molecule has 3 nitrogen and oxygen atoms in total. The van der Waals surface area contributed by atoms with Gasteiger partial charge in [-0.15, -0.1) is 0 Å². The van der Waals surface area contributed by atoms with E-state index in [-0.39, 0.29) is 5.97 Å². The second-order valence-corrected chi connectivity index (χ2v) is 3.45. The summed E-state index contributed by atoms with van der Waals surface area (Å²) < 4.78 is 4.86. The van der Waals surface area contributed by atoms with Gasteiger partial charge in [-0.25, -0.2) is 0 Å². The lowest BCUT2D eigenvalue weighted by atomic mass is 10.0. The molecule has 0 saturated heterocycles. The first kappa shape index (κ1) is 11.6. The van der Waals surface area contributed by atoms with Gasteiger partial charge in [-0.05, 0) is 37.5 Å². The van der Waals surface area contributed by atoms with E-state index in [9.17, 15) is 4.79 Å². The second kappa shape index (κ2) is 5.39. The second-order valence-electron chi connectivity index (χ2n) is 3.45. The molecule has 82 valence electrons. The molecule has 0 fully saturated rings. The van der Waals surface area contributed by atoms with Crippen molar-refractivity contribution in [3.05, 3.63) is 29.3 Å². The van der Waals surface area contributed by atoms with E-state index in [0.29, 0.717) is 19.4 Å². The zero-order chi connectivity index (χ0) is 11.3. The molecule has 0 spiro atoms. The van der Waals surface area contributed by atoms with Gasteiger partial charge in [0, 0.05) is 12.1 Å². The fourth-order valence-electron chi connectivity index (χ4n) is 1.53. The van der Waals surface area contributed by atoms with Gasteiger partial charge in [0.2, 0.25) is 0 Å². The van der Waals surface area contributed by atoms with Crippen LogP contribution in [0.3, 0.4) is 0 Å². The molecule has 0 bridgehead atoms. The van der Waals surface area contributed by atoms with Crippen LogP contribution in [0.15, 0.2) is 18.2 Å². The largest absolute Gasteiger partial charge is 0.466 e. The number of ether oxygens (including phenoxy) is 1. The van der Waals surface area contributed by atoms with Crippen LogP contribution in [0.5, 0.6) is 0 Å². The van der Waals surface area contributed by atoms with E-state index in [0.717, 1.165) is 16.8 Å². The number of esters is 1.